The van der Waals surface area contributed by atoms with Crippen LogP contribution >= 0.6 is 0 Å². The van der Waals surface area contributed by atoms with Crippen molar-refractivity contribution in [3.05, 3.63) is 29.6 Å². The zero-order valence-corrected chi connectivity index (χ0v) is 10.3. The molecule has 1 aromatic heterocycles. The highest BCUT2D eigenvalue weighted by Crippen LogP contribution is 2.22. The van der Waals surface area contributed by atoms with Crippen LogP contribution in [0.2, 0.25) is 0 Å². The Kier molecular flexibility index (Phi) is 2.88. The van der Waals surface area contributed by atoms with E-state index in [1.807, 2.05) is 6.07 Å². The summed E-state index contributed by atoms with van der Waals surface area (Å²) in [7, 11) is 0. The largest absolute Gasteiger partial charge is 0.478 e. The number of carbonyl (C=O) groups is 1. The molecule has 0 bridgehead atoms. The lowest BCUT2D eigenvalue weighted by Crippen LogP contribution is -2.05. The number of aryl methyl sites for hydroxylation is 1. The van der Waals surface area contributed by atoms with Crippen LogP contribution < -0.4 is 0 Å². The van der Waals surface area contributed by atoms with E-state index < -0.39 is 5.97 Å². The number of rotatable bonds is 3. The second-order valence-corrected chi connectivity index (χ2v) is 4.35. The Labute approximate surface area is 99.9 Å². The predicted octanol–water partition coefficient (Wildman–Crippen LogP) is 2.88. The standard InChI is InChI=1S/C13H16N2O2/c1-4-12-14-10-7-9(13(16)17)5-6-11(10)15(12)8(2)3/h5-8H,4H2,1-3H3,(H,16,17). The van der Waals surface area contributed by atoms with Gasteiger partial charge in [-0.3, -0.25) is 0 Å². The highest BCUT2D eigenvalue weighted by Gasteiger charge is 2.13. The Morgan fingerprint density at radius 3 is 2.71 bits per heavy atom. The Morgan fingerprint density at radius 2 is 2.18 bits per heavy atom. The molecular weight excluding hydrogens is 216 g/mol. The lowest BCUT2D eigenvalue weighted by molar-refractivity contribution is 0.0697. The van der Waals surface area contributed by atoms with Gasteiger partial charge in [-0.05, 0) is 32.0 Å². The van der Waals surface area contributed by atoms with E-state index in [9.17, 15) is 4.79 Å². The van der Waals surface area contributed by atoms with Crippen molar-refractivity contribution >= 4 is 17.0 Å². The molecular formula is C13H16N2O2. The average Bonchev–Trinajstić information content (AvgIpc) is 2.65. The summed E-state index contributed by atoms with van der Waals surface area (Å²) < 4.78 is 2.15. The van der Waals surface area contributed by atoms with Gasteiger partial charge in [-0.1, -0.05) is 6.92 Å². The van der Waals surface area contributed by atoms with Crippen LogP contribution in [0.3, 0.4) is 0 Å². The maximum atomic E-state index is 10.9. The van der Waals surface area contributed by atoms with Gasteiger partial charge in [-0.25, -0.2) is 9.78 Å². The van der Waals surface area contributed by atoms with Crippen LogP contribution in [-0.4, -0.2) is 20.6 Å². The number of hydrogen-bond acceptors (Lipinski definition) is 2. The van der Waals surface area contributed by atoms with Gasteiger partial charge in [0.25, 0.3) is 0 Å². The van der Waals surface area contributed by atoms with Gasteiger partial charge in [0.1, 0.15) is 5.82 Å². The first-order valence-corrected chi connectivity index (χ1v) is 5.78. The number of benzene rings is 1. The summed E-state index contributed by atoms with van der Waals surface area (Å²) in [5.74, 6) is 0.0848. The first kappa shape index (κ1) is 11.6. The number of aromatic nitrogens is 2. The number of aromatic carboxylic acids is 1. The van der Waals surface area contributed by atoms with Crippen LogP contribution in [0, 0.1) is 0 Å². The normalized spacial score (nSPS) is 11.3. The van der Waals surface area contributed by atoms with Crippen molar-refractivity contribution in [2.75, 3.05) is 0 Å². The van der Waals surface area contributed by atoms with Crippen molar-refractivity contribution in [3.63, 3.8) is 0 Å². The van der Waals surface area contributed by atoms with E-state index >= 15 is 0 Å². The summed E-state index contributed by atoms with van der Waals surface area (Å²) in [6.07, 6.45) is 0.843. The van der Waals surface area contributed by atoms with Gasteiger partial charge < -0.3 is 9.67 Å². The van der Waals surface area contributed by atoms with E-state index in [0.29, 0.717) is 6.04 Å². The summed E-state index contributed by atoms with van der Waals surface area (Å²) in [5, 5.41) is 8.95. The summed E-state index contributed by atoms with van der Waals surface area (Å²) in [6, 6.07) is 5.43. The van der Waals surface area contributed by atoms with Crippen molar-refractivity contribution in [1.29, 1.82) is 0 Å². The number of carboxylic acid groups (broad SMARTS) is 1. The lowest BCUT2D eigenvalue weighted by atomic mass is 10.2. The Morgan fingerprint density at radius 1 is 1.47 bits per heavy atom. The lowest BCUT2D eigenvalue weighted by Gasteiger charge is -2.11. The van der Waals surface area contributed by atoms with E-state index in [1.54, 1.807) is 12.1 Å². The van der Waals surface area contributed by atoms with Crippen LogP contribution in [0.1, 0.15) is 43.0 Å². The number of fused-ring (bicyclic) bond motifs is 1. The molecule has 4 heteroatoms. The third-order valence-corrected chi connectivity index (χ3v) is 2.84. The van der Waals surface area contributed by atoms with Gasteiger partial charge in [0.15, 0.2) is 0 Å². The fraction of sp³-hybridized carbons (Fsp3) is 0.385. The minimum absolute atomic E-state index is 0.286. The molecule has 90 valence electrons. The molecule has 0 aliphatic carbocycles. The summed E-state index contributed by atoms with van der Waals surface area (Å²) >= 11 is 0. The molecule has 1 N–H and O–H groups in total. The smallest absolute Gasteiger partial charge is 0.335 e. The minimum Gasteiger partial charge on any atom is -0.478 e. The minimum atomic E-state index is -0.913. The predicted molar refractivity (Wildman–Crippen MR) is 66.5 cm³/mol. The Hall–Kier alpha value is -1.84. The molecule has 0 radical (unpaired) electrons. The van der Waals surface area contributed by atoms with Gasteiger partial charge in [0.05, 0.1) is 16.6 Å². The fourth-order valence-electron chi connectivity index (χ4n) is 2.11. The van der Waals surface area contributed by atoms with Crippen molar-refractivity contribution in [3.8, 4) is 0 Å². The number of hydrogen-bond donors (Lipinski definition) is 1. The van der Waals surface area contributed by atoms with Gasteiger partial charge in [0.2, 0.25) is 0 Å². The molecule has 1 heterocycles. The van der Waals surface area contributed by atoms with Crippen LogP contribution in [0.25, 0.3) is 11.0 Å². The monoisotopic (exact) mass is 232 g/mol. The fourth-order valence-corrected chi connectivity index (χ4v) is 2.11. The van der Waals surface area contributed by atoms with Crippen LogP contribution in [0.4, 0.5) is 0 Å². The molecule has 0 spiro atoms. The highest BCUT2D eigenvalue weighted by atomic mass is 16.4. The third-order valence-electron chi connectivity index (χ3n) is 2.84. The van der Waals surface area contributed by atoms with E-state index in [4.69, 9.17) is 5.11 Å². The molecule has 17 heavy (non-hydrogen) atoms. The Balaban J connectivity index is 2.69. The SMILES string of the molecule is CCc1nc2cc(C(=O)O)ccc2n1C(C)C. The number of nitrogens with zero attached hydrogens (tertiary/aromatic N) is 2. The van der Waals surface area contributed by atoms with Crippen LogP contribution in [0.15, 0.2) is 18.2 Å². The molecule has 4 nitrogen and oxygen atoms in total. The van der Waals surface area contributed by atoms with E-state index in [-0.39, 0.29) is 5.56 Å². The zero-order valence-electron chi connectivity index (χ0n) is 10.3. The molecule has 0 saturated heterocycles. The average molecular weight is 232 g/mol. The van der Waals surface area contributed by atoms with Crippen molar-refractivity contribution in [1.82, 2.24) is 9.55 Å². The first-order chi connectivity index (χ1) is 8.04. The maximum Gasteiger partial charge on any atom is 0.335 e. The first-order valence-electron chi connectivity index (χ1n) is 5.78. The number of carboxylic acids is 1. The molecule has 0 amide bonds. The summed E-state index contributed by atoms with van der Waals surface area (Å²) in [5.41, 5.74) is 2.05. The quantitative estimate of drug-likeness (QED) is 0.885. The van der Waals surface area contributed by atoms with Gasteiger partial charge >= 0.3 is 5.97 Å². The molecule has 0 unspecified atom stereocenters. The summed E-state index contributed by atoms with van der Waals surface area (Å²) in [6.45, 7) is 6.26. The van der Waals surface area contributed by atoms with E-state index in [2.05, 4.69) is 30.3 Å². The van der Waals surface area contributed by atoms with Crippen molar-refractivity contribution < 1.29 is 9.90 Å². The van der Waals surface area contributed by atoms with Crippen molar-refractivity contribution in [2.24, 2.45) is 0 Å². The maximum absolute atomic E-state index is 10.9. The summed E-state index contributed by atoms with van der Waals surface area (Å²) in [4.78, 5) is 15.4. The molecule has 0 aliphatic rings. The molecule has 0 fully saturated rings. The van der Waals surface area contributed by atoms with Gasteiger partial charge in [-0.2, -0.15) is 0 Å². The third kappa shape index (κ3) is 1.90. The second kappa shape index (κ2) is 4.20. The highest BCUT2D eigenvalue weighted by molar-refractivity contribution is 5.92. The Bertz CT molecular complexity index is 570. The zero-order chi connectivity index (χ0) is 12.6. The molecule has 0 saturated carbocycles. The van der Waals surface area contributed by atoms with E-state index in [0.717, 1.165) is 23.3 Å². The molecule has 2 rings (SSSR count). The topological polar surface area (TPSA) is 55.1 Å². The van der Waals surface area contributed by atoms with Crippen molar-refractivity contribution in [2.45, 2.75) is 33.2 Å². The van der Waals surface area contributed by atoms with E-state index in [1.165, 1.54) is 0 Å². The van der Waals surface area contributed by atoms with Gasteiger partial charge in [-0.15, -0.1) is 0 Å². The second-order valence-electron chi connectivity index (χ2n) is 4.35. The molecule has 0 aliphatic heterocycles. The van der Waals surface area contributed by atoms with Crippen LogP contribution in [-0.2, 0) is 6.42 Å². The number of imidazole rings is 1. The molecule has 0 atom stereocenters. The molecule has 2 aromatic rings. The van der Waals surface area contributed by atoms with Gasteiger partial charge in [0, 0.05) is 12.5 Å². The van der Waals surface area contributed by atoms with Crippen LogP contribution in [0.5, 0.6) is 0 Å². The molecule has 1 aromatic carbocycles.